The number of methoxy groups -OCH3 is 1. The van der Waals surface area contributed by atoms with Crippen LogP contribution in [-0.4, -0.2) is 17.9 Å². The molecule has 0 fully saturated rings. The molecule has 0 aliphatic carbocycles. The summed E-state index contributed by atoms with van der Waals surface area (Å²) in [6.07, 6.45) is 4.68. The van der Waals surface area contributed by atoms with Gasteiger partial charge in [0.25, 0.3) is 0 Å². The van der Waals surface area contributed by atoms with Crippen LogP contribution < -0.4 is 4.74 Å². The zero-order valence-electron chi connectivity index (χ0n) is 8.34. The van der Waals surface area contributed by atoms with Crippen LogP contribution in [0.4, 0.5) is 0 Å². The Labute approximate surface area is 87.5 Å². The molecule has 0 bridgehead atoms. The molecule has 0 saturated carbocycles. The lowest BCUT2D eigenvalue weighted by atomic mass is 10.0. The fourth-order valence-electron chi connectivity index (χ4n) is 1.41. The Bertz CT molecular complexity index is 383. The molecule has 1 aromatic heterocycles. The summed E-state index contributed by atoms with van der Waals surface area (Å²) in [6, 6.07) is 3.60. The molecule has 2 heterocycles. The zero-order valence-corrected chi connectivity index (χ0v) is 8.34. The van der Waals surface area contributed by atoms with Crippen molar-refractivity contribution in [2.45, 2.75) is 12.5 Å². The first-order chi connectivity index (χ1) is 7.29. The van der Waals surface area contributed by atoms with E-state index in [4.69, 9.17) is 9.47 Å². The van der Waals surface area contributed by atoms with Crippen LogP contribution in [0.5, 0.6) is 5.88 Å². The van der Waals surface area contributed by atoms with Crippen molar-refractivity contribution in [3.63, 3.8) is 0 Å². The summed E-state index contributed by atoms with van der Waals surface area (Å²) in [5, 5.41) is 0. The van der Waals surface area contributed by atoms with Gasteiger partial charge in [-0.3, -0.25) is 4.79 Å². The molecule has 0 N–H and O–H groups in total. The maximum atomic E-state index is 11.2. The van der Waals surface area contributed by atoms with Crippen LogP contribution in [0.3, 0.4) is 0 Å². The molecule has 4 nitrogen and oxygen atoms in total. The fourth-order valence-corrected chi connectivity index (χ4v) is 1.41. The monoisotopic (exact) mass is 205 g/mol. The third-order valence-corrected chi connectivity index (χ3v) is 2.22. The van der Waals surface area contributed by atoms with Crippen molar-refractivity contribution < 1.29 is 14.3 Å². The third kappa shape index (κ3) is 2.15. The van der Waals surface area contributed by atoms with Crippen LogP contribution in [0.25, 0.3) is 0 Å². The average Bonchev–Trinajstić information content (AvgIpc) is 2.29. The Morgan fingerprint density at radius 3 is 3.00 bits per heavy atom. The van der Waals surface area contributed by atoms with Gasteiger partial charge < -0.3 is 9.47 Å². The lowest BCUT2D eigenvalue weighted by Gasteiger charge is -2.18. The molecule has 0 amide bonds. The van der Waals surface area contributed by atoms with Crippen molar-refractivity contribution in [1.29, 1.82) is 0 Å². The lowest BCUT2D eigenvalue weighted by molar-refractivity contribution is -0.118. The van der Waals surface area contributed by atoms with Gasteiger partial charge >= 0.3 is 0 Å². The average molecular weight is 205 g/mol. The quantitative estimate of drug-likeness (QED) is 0.736. The second-order valence-corrected chi connectivity index (χ2v) is 3.23. The van der Waals surface area contributed by atoms with E-state index in [2.05, 4.69) is 4.98 Å². The van der Waals surface area contributed by atoms with Gasteiger partial charge in [-0.1, -0.05) is 0 Å². The molecular weight excluding hydrogens is 194 g/mol. The van der Waals surface area contributed by atoms with Crippen LogP contribution in [-0.2, 0) is 9.53 Å². The number of nitrogens with zero attached hydrogens (tertiary/aromatic N) is 1. The third-order valence-electron chi connectivity index (χ3n) is 2.22. The Hall–Kier alpha value is -1.84. The van der Waals surface area contributed by atoms with Crippen molar-refractivity contribution in [2.24, 2.45) is 0 Å². The first kappa shape index (κ1) is 9.71. The molecule has 15 heavy (non-hydrogen) atoms. The second-order valence-electron chi connectivity index (χ2n) is 3.23. The summed E-state index contributed by atoms with van der Waals surface area (Å²) in [7, 11) is 1.56. The van der Waals surface area contributed by atoms with E-state index in [-0.39, 0.29) is 11.9 Å². The van der Waals surface area contributed by atoms with Gasteiger partial charge in [-0.2, -0.15) is 0 Å². The normalized spacial score (nSPS) is 19.8. The maximum Gasteiger partial charge on any atom is 0.212 e. The molecule has 2 rings (SSSR count). The molecule has 1 aliphatic heterocycles. The molecule has 0 radical (unpaired) electrons. The summed E-state index contributed by atoms with van der Waals surface area (Å²) in [4.78, 5) is 15.2. The summed E-state index contributed by atoms with van der Waals surface area (Å²) in [5.41, 5.74) is 0.883. The SMILES string of the molecule is COc1ccc(C2CC(=O)C=CO2)cn1. The van der Waals surface area contributed by atoms with Crippen molar-refractivity contribution in [3.05, 3.63) is 36.2 Å². The number of allylic oxidation sites excluding steroid dienone is 1. The standard InChI is InChI=1S/C11H11NO3/c1-14-11-3-2-8(7-12-11)10-6-9(13)4-5-15-10/h2-5,7,10H,6H2,1H3. The van der Waals surface area contributed by atoms with Crippen LogP contribution >= 0.6 is 0 Å². The number of carbonyl (C=O) groups excluding carboxylic acids is 1. The molecule has 0 aromatic carbocycles. The zero-order chi connectivity index (χ0) is 10.7. The molecule has 0 spiro atoms. The first-order valence-corrected chi connectivity index (χ1v) is 4.64. The van der Waals surface area contributed by atoms with E-state index in [1.165, 1.54) is 12.3 Å². The van der Waals surface area contributed by atoms with Crippen LogP contribution in [0.1, 0.15) is 18.1 Å². The highest BCUT2D eigenvalue weighted by Gasteiger charge is 2.18. The Morgan fingerprint density at radius 1 is 1.53 bits per heavy atom. The van der Waals surface area contributed by atoms with Crippen LogP contribution in [0, 0.1) is 0 Å². The highest BCUT2D eigenvalue weighted by atomic mass is 16.5. The van der Waals surface area contributed by atoms with E-state index in [0.717, 1.165) is 5.56 Å². The fraction of sp³-hybridized carbons (Fsp3) is 0.273. The summed E-state index contributed by atoms with van der Waals surface area (Å²) in [5.74, 6) is 0.624. The van der Waals surface area contributed by atoms with E-state index in [9.17, 15) is 4.79 Å². The highest BCUT2D eigenvalue weighted by molar-refractivity contribution is 5.90. The van der Waals surface area contributed by atoms with Gasteiger partial charge in [0.2, 0.25) is 5.88 Å². The van der Waals surface area contributed by atoms with Crippen LogP contribution in [0.2, 0.25) is 0 Å². The number of rotatable bonds is 2. The summed E-state index contributed by atoms with van der Waals surface area (Å²) < 4.78 is 10.3. The lowest BCUT2D eigenvalue weighted by Crippen LogP contribution is -2.11. The Morgan fingerprint density at radius 2 is 2.40 bits per heavy atom. The van der Waals surface area contributed by atoms with Gasteiger partial charge in [-0.15, -0.1) is 0 Å². The highest BCUT2D eigenvalue weighted by Crippen LogP contribution is 2.25. The van der Waals surface area contributed by atoms with E-state index in [1.807, 2.05) is 6.07 Å². The van der Waals surface area contributed by atoms with Crippen molar-refractivity contribution >= 4 is 5.78 Å². The van der Waals surface area contributed by atoms with E-state index >= 15 is 0 Å². The molecule has 1 atom stereocenters. The van der Waals surface area contributed by atoms with Crippen LogP contribution in [0.15, 0.2) is 30.7 Å². The summed E-state index contributed by atoms with van der Waals surface area (Å²) >= 11 is 0. The number of carbonyl (C=O) groups is 1. The molecule has 4 heteroatoms. The van der Waals surface area contributed by atoms with E-state index in [0.29, 0.717) is 12.3 Å². The van der Waals surface area contributed by atoms with E-state index in [1.54, 1.807) is 19.4 Å². The number of hydrogen-bond donors (Lipinski definition) is 0. The topological polar surface area (TPSA) is 48.4 Å². The molecule has 1 aromatic rings. The number of ketones is 1. The second kappa shape index (κ2) is 4.13. The van der Waals surface area contributed by atoms with Gasteiger partial charge in [0.15, 0.2) is 5.78 Å². The molecule has 1 unspecified atom stereocenters. The van der Waals surface area contributed by atoms with Gasteiger partial charge in [-0.25, -0.2) is 4.98 Å². The predicted octanol–water partition coefficient (Wildman–Crippen LogP) is 1.63. The van der Waals surface area contributed by atoms with Crippen molar-refractivity contribution in [1.82, 2.24) is 4.98 Å². The van der Waals surface area contributed by atoms with Crippen molar-refractivity contribution in [2.75, 3.05) is 7.11 Å². The van der Waals surface area contributed by atoms with Crippen molar-refractivity contribution in [3.8, 4) is 5.88 Å². The minimum atomic E-state index is -0.221. The molecule has 1 aliphatic rings. The van der Waals surface area contributed by atoms with Gasteiger partial charge in [-0.05, 0) is 6.07 Å². The molecular formula is C11H11NO3. The number of ether oxygens (including phenoxy) is 2. The maximum absolute atomic E-state index is 11.2. The largest absolute Gasteiger partial charge is 0.493 e. The molecule has 0 saturated heterocycles. The minimum absolute atomic E-state index is 0.0714. The van der Waals surface area contributed by atoms with Gasteiger partial charge in [0.05, 0.1) is 19.8 Å². The Balaban J connectivity index is 2.15. The minimum Gasteiger partial charge on any atom is -0.493 e. The number of hydrogen-bond acceptors (Lipinski definition) is 4. The van der Waals surface area contributed by atoms with E-state index < -0.39 is 0 Å². The number of aromatic nitrogens is 1. The Kier molecular flexibility index (Phi) is 2.67. The predicted molar refractivity (Wildman–Crippen MR) is 53.4 cm³/mol. The number of pyridine rings is 1. The first-order valence-electron chi connectivity index (χ1n) is 4.64. The molecule has 78 valence electrons. The van der Waals surface area contributed by atoms with Gasteiger partial charge in [0, 0.05) is 23.9 Å². The summed E-state index contributed by atoms with van der Waals surface area (Å²) in [6.45, 7) is 0. The smallest absolute Gasteiger partial charge is 0.212 e. The van der Waals surface area contributed by atoms with Gasteiger partial charge in [0.1, 0.15) is 6.10 Å².